The Morgan fingerprint density at radius 3 is 2.65 bits per heavy atom. The summed E-state index contributed by atoms with van der Waals surface area (Å²) in [6.45, 7) is 5.86. The summed E-state index contributed by atoms with van der Waals surface area (Å²) in [5, 5.41) is 3.68. The van der Waals surface area contributed by atoms with Crippen LogP contribution >= 0.6 is 22.9 Å². The number of hydrogen-bond acceptors (Lipinski definition) is 2. The minimum atomic E-state index is 0.569. The monoisotopic (exact) mass is 271 g/mol. The van der Waals surface area contributed by atoms with Crippen molar-refractivity contribution in [2.24, 2.45) is 5.41 Å². The quantitative estimate of drug-likeness (QED) is 0.850. The minimum absolute atomic E-state index is 0.569. The fraction of sp³-hybridized carbons (Fsp3) is 0.714. The van der Waals surface area contributed by atoms with Crippen molar-refractivity contribution in [2.45, 2.75) is 52.0 Å². The molecular weight excluding hydrogens is 250 g/mol. The van der Waals surface area contributed by atoms with Crippen molar-refractivity contribution in [3.05, 3.63) is 21.3 Å². The van der Waals surface area contributed by atoms with E-state index in [1.807, 2.05) is 6.07 Å². The van der Waals surface area contributed by atoms with Gasteiger partial charge in [-0.1, -0.05) is 25.4 Å². The molecule has 0 atom stereocenters. The van der Waals surface area contributed by atoms with Crippen molar-refractivity contribution < 1.29 is 0 Å². The second kappa shape index (κ2) is 5.73. The first-order chi connectivity index (χ1) is 8.05. The first-order valence-electron chi connectivity index (χ1n) is 6.53. The van der Waals surface area contributed by atoms with Crippen LogP contribution < -0.4 is 5.32 Å². The summed E-state index contributed by atoms with van der Waals surface area (Å²) < 4.78 is 0.902. The van der Waals surface area contributed by atoms with Crippen LogP contribution in [0.15, 0.2) is 12.1 Å². The average molecular weight is 272 g/mol. The lowest BCUT2D eigenvalue weighted by Gasteiger charge is -2.34. The molecule has 1 N–H and O–H groups in total. The van der Waals surface area contributed by atoms with Crippen LogP contribution in [0.25, 0.3) is 0 Å². The van der Waals surface area contributed by atoms with E-state index < -0.39 is 0 Å². The highest BCUT2D eigenvalue weighted by molar-refractivity contribution is 7.16. The highest BCUT2D eigenvalue weighted by atomic mass is 35.5. The van der Waals surface area contributed by atoms with Gasteiger partial charge in [0.2, 0.25) is 0 Å². The summed E-state index contributed by atoms with van der Waals surface area (Å²) >= 11 is 7.62. The first-order valence-corrected chi connectivity index (χ1v) is 7.72. The molecule has 1 aliphatic rings. The molecule has 3 heteroatoms. The van der Waals surface area contributed by atoms with Crippen LogP contribution in [0.3, 0.4) is 0 Å². The van der Waals surface area contributed by atoms with Crippen LogP contribution in [0.1, 0.15) is 44.4 Å². The molecule has 1 fully saturated rings. The molecule has 96 valence electrons. The van der Waals surface area contributed by atoms with Crippen LogP contribution in [0.2, 0.25) is 4.34 Å². The van der Waals surface area contributed by atoms with E-state index in [1.165, 1.54) is 30.6 Å². The zero-order valence-corrected chi connectivity index (χ0v) is 12.3. The Labute approximate surface area is 114 Å². The summed E-state index contributed by atoms with van der Waals surface area (Å²) in [5.74, 6) is 0. The molecule has 0 bridgehead atoms. The van der Waals surface area contributed by atoms with Gasteiger partial charge in [-0.05, 0) is 49.7 Å². The normalized spacial score (nSPS) is 20.6. The van der Waals surface area contributed by atoms with Gasteiger partial charge in [0, 0.05) is 17.5 Å². The van der Waals surface area contributed by atoms with Crippen molar-refractivity contribution in [1.82, 2.24) is 5.32 Å². The summed E-state index contributed by atoms with van der Waals surface area (Å²) in [6.07, 6.45) is 6.48. The van der Waals surface area contributed by atoms with Gasteiger partial charge in [0.15, 0.2) is 0 Å². The number of nitrogens with one attached hydrogen (secondary N) is 1. The van der Waals surface area contributed by atoms with E-state index in [9.17, 15) is 0 Å². The van der Waals surface area contributed by atoms with Gasteiger partial charge in [-0.25, -0.2) is 0 Å². The minimum Gasteiger partial charge on any atom is -0.314 e. The lowest BCUT2D eigenvalue weighted by molar-refractivity contribution is 0.207. The Morgan fingerprint density at radius 1 is 1.35 bits per heavy atom. The molecule has 2 rings (SSSR count). The maximum Gasteiger partial charge on any atom is 0.0931 e. The molecule has 0 radical (unpaired) electrons. The van der Waals surface area contributed by atoms with Gasteiger partial charge in [0.1, 0.15) is 0 Å². The van der Waals surface area contributed by atoms with Crippen LogP contribution in [-0.2, 0) is 6.42 Å². The predicted octanol–water partition coefficient (Wildman–Crippen LogP) is 4.50. The molecule has 1 nitrogen and oxygen atoms in total. The third kappa shape index (κ3) is 4.27. The van der Waals surface area contributed by atoms with Gasteiger partial charge in [0.25, 0.3) is 0 Å². The molecule has 0 saturated heterocycles. The van der Waals surface area contributed by atoms with Crippen LogP contribution in [0.5, 0.6) is 0 Å². The van der Waals surface area contributed by atoms with Gasteiger partial charge in [-0.3, -0.25) is 0 Å². The summed E-state index contributed by atoms with van der Waals surface area (Å²) in [6, 6.07) is 4.86. The van der Waals surface area contributed by atoms with E-state index in [4.69, 9.17) is 11.6 Å². The Balaban J connectivity index is 1.66. The van der Waals surface area contributed by atoms with Gasteiger partial charge in [-0.2, -0.15) is 0 Å². The topological polar surface area (TPSA) is 12.0 Å². The van der Waals surface area contributed by atoms with Crippen molar-refractivity contribution in [1.29, 1.82) is 0 Å². The molecule has 0 unspecified atom stereocenters. The Morgan fingerprint density at radius 2 is 2.06 bits per heavy atom. The molecule has 17 heavy (non-hydrogen) atoms. The highest BCUT2D eigenvalue weighted by Gasteiger charge is 2.26. The fourth-order valence-electron chi connectivity index (χ4n) is 2.49. The van der Waals surface area contributed by atoms with Gasteiger partial charge in [0.05, 0.1) is 4.34 Å². The van der Waals surface area contributed by atoms with Crippen LogP contribution in [0, 0.1) is 5.41 Å². The Kier molecular flexibility index (Phi) is 4.51. The van der Waals surface area contributed by atoms with E-state index in [2.05, 4.69) is 25.2 Å². The average Bonchev–Trinajstić information content (AvgIpc) is 2.67. The largest absolute Gasteiger partial charge is 0.314 e. The van der Waals surface area contributed by atoms with Crippen molar-refractivity contribution in [3.63, 3.8) is 0 Å². The fourth-order valence-corrected chi connectivity index (χ4v) is 3.58. The maximum atomic E-state index is 5.92. The molecule has 1 aliphatic carbocycles. The molecule has 1 aromatic heterocycles. The zero-order chi connectivity index (χ0) is 12.3. The van der Waals surface area contributed by atoms with E-state index in [1.54, 1.807) is 11.3 Å². The van der Waals surface area contributed by atoms with Crippen LogP contribution in [-0.4, -0.2) is 12.6 Å². The summed E-state index contributed by atoms with van der Waals surface area (Å²) in [5.41, 5.74) is 0.569. The molecular formula is C14H22ClNS. The third-order valence-electron chi connectivity index (χ3n) is 3.77. The van der Waals surface area contributed by atoms with Gasteiger partial charge < -0.3 is 5.32 Å². The van der Waals surface area contributed by atoms with E-state index in [-0.39, 0.29) is 0 Å². The number of halogens is 1. The van der Waals surface area contributed by atoms with E-state index in [0.717, 1.165) is 23.3 Å². The number of rotatable bonds is 4. The van der Waals surface area contributed by atoms with Crippen molar-refractivity contribution in [3.8, 4) is 0 Å². The standard InChI is InChI=1S/C14H22ClNS/c1-14(2)8-5-11(6-9-14)16-10-7-12-3-4-13(15)17-12/h3-4,11,16H,5-10H2,1-2H3. The molecule has 1 aromatic rings. The smallest absolute Gasteiger partial charge is 0.0931 e. The third-order valence-corrected chi connectivity index (χ3v) is 5.06. The number of thiophene rings is 1. The van der Waals surface area contributed by atoms with Crippen molar-refractivity contribution >= 4 is 22.9 Å². The molecule has 1 saturated carbocycles. The van der Waals surface area contributed by atoms with Crippen molar-refractivity contribution in [2.75, 3.05) is 6.54 Å². The molecule has 1 heterocycles. The zero-order valence-electron chi connectivity index (χ0n) is 10.8. The predicted molar refractivity (Wildman–Crippen MR) is 77.1 cm³/mol. The lowest BCUT2D eigenvalue weighted by Crippen LogP contribution is -2.36. The SMILES string of the molecule is CC1(C)CCC(NCCc2ccc(Cl)s2)CC1. The lowest BCUT2D eigenvalue weighted by atomic mass is 9.75. The second-order valence-electron chi connectivity index (χ2n) is 5.85. The highest BCUT2D eigenvalue weighted by Crippen LogP contribution is 2.34. The summed E-state index contributed by atoms with van der Waals surface area (Å²) in [7, 11) is 0. The van der Waals surface area contributed by atoms with Crippen LogP contribution in [0.4, 0.5) is 0 Å². The second-order valence-corrected chi connectivity index (χ2v) is 7.65. The van der Waals surface area contributed by atoms with Gasteiger partial charge >= 0.3 is 0 Å². The molecule has 0 amide bonds. The van der Waals surface area contributed by atoms with Gasteiger partial charge in [-0.15, -0.1) is 11.3 Å². The number of hydrogen-bond donors (Lipinski definition) is 1. The molecule has 0 aromatic carbocycles. The first kappa shape index (κ1) is 13.4. The molecule has 0 aliphatic heterocycles. The Hall–Kier alpha value is -0.0500. The maximum absolute atomic E-state index is 5.92. The molecule has 0 spiro atoms. The van der Waals surface area contributed by atoms with E-state index in [0.29, 0.717) is 5.41 Å². The van der Waals surface area contributed by atoms with E-state index >= 15 is 0 Å². The Bertz CT molecular complexity index is 349. The summed E-state index contributed by atoms with van der Waals surface area (Å²) in [4.78, 5) is 1.39.